The van der Waals surface area contributed by atoms with Crippen molar-refractivity contribution < 1.29 is 33.8 Å². The van der Waals surface area contributed by atoms with Gasteiger partial charge in [-0.3, -0.25) is 14.8 Å². The average molecular weight is 694 g/mol. The highest BCUT2D eigenvalue weighted by molar-refractivity contribution is 7.99. The highest BCUT2D eigenvalue weighted by atomic mass is 32.2. The van der Waals surface area contributed by atoms with E-state index in [0.29, 0.717) is 41.7 Å². The van der Waals surface area contributed by atoms with E-state index in [2.05, 4.69) is 5.32 Å². The average Bonchev–Trinajstić information content (AvgIpc) is 3.61. The second kappa shape index (κ2) is 17.2. The second-order valence-electron chi connectivity index (χ2n) is 12.0. The van der Waals surface area contributed by atoms with E-state index in [4.69, 9.17) is 24.1 Å². The second-order valence-corrected chi connectivity index (χ2v) is 12.9. The Morgan fingerprint density at radius 2 is 1.50 bits per heavy atom. The summed E-state index contributed by atoms with van der Waals surface area (Å²) in [5, 5.41) is 21.7. The maximum atomic E-state index is 12.6. The quantitative estimate of drug-likeness (QED) is 0.0396. The van der Waals surface area contributed by atoms with Crippen LogP contribution in [0.1, 0.15) is 61.2 Å². The largest absolute Gasteiger partial charge is 0.431 e. The summed E-state index contributed by atoms with van der Waals surface area (Å²) >= 11 is 1.49. The van der Waals surface area contributed by atoms with Crippen molar-refractivity contribution >= 4 is 29.3 Å². The Morgan fingerprint density at radius 1 is 0.800 bits per heavy atom. The van der Waals surface area contributed by atoms with E-state index in [1.807, 2.05) is 103 Å². The molecule has 3 atom stereocenters. The Morgan fingerprint density at radius 3 is 2.20 bits per heavy atom. The molecule has 2 heterocycles. The summed E-state index contributed by atoms with van der Waals surface area (Å²) < 4.78 is 19.4. The number of oxazole rings is 1. The van der Waals surface area contributed by atoms with Crippen LogP contribution in [0.15, 0.2) is 119 Å². The summed E-state index contributed by atoms with van der Waals surface area (Å²) in [6, 6.07) is 35.0. The lowest BCUT2D eigenvalue weighted by Crippen LogP contribution is -2.31. The number of aromatic nitrogens is 1. The Labute approximate surface area is 294 Å². The number of hydrogen-bond donors (Lipinski definition) is 4. The summed E-state index contributed by atoms with van der Waals surface area (Å²) in [6.45, 7) is -0.0423. The molecule has 11 heteroatoms. The van der Waals surface area contributed by atoms with Crippen LogP contribution in [-0.2, 0) is 25.7 Å². The molecule has 1 saturated heterocycles. The van der Waals surface area contributed by atoms with Crippen LogP contribution in [0.25, 0.3) is 22.6 Å². The number of benzene rings is 4. The number of hydroxylamine groups is 1. The number of aliphatic hydroxyl groups is 1. The smallest absolute Gasteiger partial charge is 0.256 e. The summed E-state index contributed by atoms with van der Waals surface area (Å²) in [5.41, 5.74) is 7.44. The number of rotatable bonds is 14. The first-order valence-electron chi connectivity index (χ1n) is 16.6. The fourth-order valence-electron chi connectivity index (χ4n) is 5.74. The Hall–Kier alpha value is -4.78. The number of unbranched alkanes of at least 4 members (excludes halogenated alkanes) is 1. The molecule has 6 rings (SSSR count). The van der Waals surface area contributed by atoms with Crippen LogP contribution in [0.5, 0.6) is 0 Å². The van der Waals surface area contributed by atoms with Gasteiger partial charge >= 0.3 is 0 Å². The maximum Gasteiger partial charge on any atom is 0.256 e. The van der Waals surface area contributed by atoms with E-state index in [9.17, 15) is 14.7 Å². The van der Waals surface area contributed by atoms with Gasteiger partial charge in [0, 0.05) is 47.4 Å². The van der Waals surface area contributed by atoms with E-state index in [0.717, 1.165) is 33.5 Å². The van der Waals surface area contributed by atoms with Gasteiger partial charge in [-0.25, -0.2) is 10.5 Å². The number of thioether (sulfide) groups is 1. The fourth-order valence-corrected chi connectivity index (χ4v) is 6.58. The number of carbonyl (C=O) groups excluding carboxylic acids is 2. The van der Waals surface area contributed by atoms with Gasteiger partial charge in [-0.05, 0) is 36.1 Å². The predicted octanol–water partition coefficient (Wildman–Crippen LogP) is 7.84. The lowest BCUT2D eigenvalue weighted by molar-refractivity contribution is -0.245. The van der Waals surface area contributed by atoms with Crippen LogP contribution in [0, 0.1) is 0 Å². The molecule has 1 aliphatic rings. The molecule has 10 nitrogen and oxygen atoms in total. The molecule has 0 radical (unpaired) electrons. The lowest BCUT2D eigenvalue weighted by Gasteiger charge is -2.36. The van der Waals surface area contributed by atoms with Crippen molar-refractivity contribution in [2.24, 2.45) is 0 Å². The Bertz CT molecular complexity index is 1790. The van der Waals surface area contributed by atoms with Crippen molar-refractivity contribution in [1.82, 2.24) is 10.5 Å². The minimum Gasteiger partial charge on any atom is -0.431 e. The van der Waals surface area contributed by atoms with Gasteiger partial charge in [-0.15, -0.1) is 0 Å². The van der Waals surface area contributed by atoms with Gasteiger partial charge in [0.25, 0.3) is 5.22 Å². The van der Waals surface area contributed by atoms with Crippen LogP contribution in [-0.4, -0.2) is 39.0 Å². The van der Waals surface area contributed by atoms with E-state index < -0.39 is 12.2 Å². The molecule has 0 saturated carbocycles. The highest BCUT2D eigenvalue weighted by Gasteiger charge is 2.33. The van der Waals surface area contributed by atoms with Crippen LogP contribution in [0.4, 0.5) is 5.69 Å². The van der Waals surface area contributed by atoms with Crippen molar-refractivity contribution in [3.63, 3.8) is 0 Å². The van der Waals surface area contributed by atoms with Crippen molar-refractivity contribution in [3.05, 3.63) is 126 Å². The fraction of sp³-hybridized carbons (Fsp3) is 0.256. The number of nitrogens with zero attached hydrogens (tertiary/aromatic N) is 1. The van der Waals surface area contributed by atoms with Crippen molar-refractivity contribution in [1.29, 1.82) is 0 Å². The van der Waals surface area contributed by atoms with Crippen LogP contribution in [0.2, 0.25) is 0 Å². The molecule has 0 aliphatic carbocycles. The van der Waals surface area contributed by atoms with Crippen molar-refractivity contribution in [2.75, 3.05) is 11.1 Å². The van der Waals surface area contributed by atoms with Gasteiger partial charge in [-0.1, -0.05) is 109 Å². The van der Waals surface area contributed by atoms with E-state index in [1.54, 1.807) is 11.5 Å². The Balaban J connectivity index is 1.18. The van der Waals surface area contributed by atoms with E-state index in [-0.39, 0.29) is 37.6 Å². The molecule has 0 spiro atoms. The molecule has 1 fully saturated rings. The first-order valence-corrected chi connectivity index (χ1v) is 17.6. The highest BCUT2D eigenvalue weighted by Crippen LogP contribution is 2.41. The molecule has 1 aliphatic heterocycles. The van der Waals surface area contributed by atoms with Gasteiger partial charge in [0.1, 0.15) is 5.69 Å². The molecule has 1 aromatic heterocycles. The summed E-state index contributed by atoms with van der Waals surface area (Å²) in [5.74, 6) is 0.614. The molecule has 50 heavy (non-hydrogen) atoms. The van der Waals surface area contributed by atoms with Crippen molar-refractivity contribution in [3.8, 4) is 22.6 Å². The number of ether oxygens (including phenoxy) is 2. The first-order chi connectivity index (χ1) is 24.5. The summed E-state index contributed by atoms with van der Waals surface area (Å²) in [6.07, 6.45) is 0.737. The lowest BCUT2D eigenvalue weighted by atomic mass is 10.0. The third-order valence-corrected chi connectivity index (χ3v) is 9.28. The predicted molar refractivity (Wildman–Crippen MR) is 190 cm³/mol. The number of amides is 2. The van der Waals surface area contributed by atoms with Crippen molar-refractivity contribution in [2.45, 2.75) is 62.4 Å². The Kier molecular flexibility index (Phi) is 12.1. The summed E-state index contributed by atoms with van der Waals surface area (Å²) in [7, 11) is 0. The zero-order valence-electron chi connectivity index (χ0n) is 27.4. The molecular weight excluding hydrogens is 655 g/mol. The van der Waals surface area contributed by atoms with Crippen LogP contribution < -0.4 is 10.8 Å². The number of aliphatic hydroxyl groups excluding tert-OH is 1. The molecule has 0 bridgehead atoms. The van der Waals surface area contributed by atoms with E-state index >= 15 is 0 Å². The van der Waals surface area contributed by atoms with E-state index in [1.165, 1.54) is 11.8 Å². The van der Waals surface area contributed by atoms with Crippen LogP contribution in [0.3, 0.4) is 0 Å². The number of hydrogen-bond acceptors (Lipinski definition) is 9. The van der Waals surface area contributed by atoms with Gasteiger partial charge in [0.05, 0.1) is 18.8 Å². The molecular formula is C39H39N3O7S. The zero-order valence-corrected chi connectivity index (χ0v) is 28.2. The molecule has 258 valence electrons. The van der Waals surface area contributed by atoms with Gasteiger partial charge in [0.2, 0.25) is 11.8 Å². The minimum absolute atomic E-state index is 0.0423. The molecule has 2 amide bonds. The van der Waals surface area contributed by atoms with Crippen LogP contribution >= 0.6 is 11.8 Å². The van der Waals surface area contributed by atoms with Gasteiger partial charge in [0.15, 0.2) is 12.1 Å². The number of anilines is 1. The third-order valence-electron chi connectivity index (χ3n) is 8.32. The third kappa shape index (κ3) is 9.26. The number of carbonyl (C=O) groups is 2. The minimum atomic E-state index is -0.713. The molecule has 0 unspecified atom stereocenters. The molecule has 4 aromatic carbocycles. The first kappa shape index (κ1) is 35.1. The number of nitrogens with one attached hydrogen (secondary N) is 2. The zero-order chi connectivity index (χ0) is 34.7. The molecule has 5 aromatic rings. The standard InChI is InChI=1S/C39H39N3O7S/c43-24-26-18-20-27(21-19-26)33-23-32(25-50-39-41-36(28-10-3-1-4-11-28)37(49-39)29-12-5-2-6-13-29)47-38(48-33)30-14-9-15-31(22-30)40-34(44)16-7-8-17-35(45)42-46/h1-6,9-15,18-22,32-33,38,43,46H,7-8,16-17,23-25H2,(H,40,44)(H,42,45)/t32-,33+,38+/m1/s1. The van der Waals surface area contributed by atoms with Gasteiger partial charge in [-0.2, -0.15) is 0 Å². The topological polar surface area (TPSA) is 143 Å². The maximum absolute atomic E-state index is 12.6. The van der Waals surface area contributed by atoms with Gasteiger partial charge < -0.3 is 24.3 Å². The SMILES string of the molecule is O=C(CCCCC(=O)Nc1cccc([C@H]2O[C@@H](CSc3nc(-c4ccccc4)c(-c4ccccc4)o3)C[C@@H](c3ccc(CO)cc3)O2)c1)NO. The molecule has 4 N–H and O–H groups in total. The monoisotopic (exact) mass is 693 g/mol. The normalized spacial score (nSPS) is 17.3. The summed E-state index contributed by atoms with van der Waals surface area (Å²) in [4.78, 5) is 28.8.